The number of hydrogen-bond donors (Lipinski definition) is 0. The second-order valence-electron chi connectivity index (χ2n) is 10.8. The molecular formula is C31H50O2Si. The van der Waals surface area contributed by atoms with E-state index in [-0.39, 0.29) is 0 Å². The average Bonchev–Trinajstić information content (AvgIpc) is 2.80. The molecule has 1 unspecified atom stereocenters. The molecule has 0 aliphatic heterocycles. The number of benzene rings is 2. The van der Waals surface area contributed by atoms with Crippen molar-refractivity contribution in [2.24, 2.45) is 0 Å². The predicted octanol–water partition coefficient (Wildman–Crippen LogP) is 9.83. The molecule has 2 aromatic carbocycles. The molecule has 0 saturated carbocycles. The molecule has 1 atom stereocenters. The predicted molar refractivity (Wildman–Crippen MR) is 151 cm³/mol. The van der Waals surface area contributed by atoms with Crippen molar-refractivity contribution >= 4 is 8.32 Å². The van der Waals surface area contributed by atoms with E-state index in [1.165, 1.54) is 74.5 Å². The van der Waals surface area contributed by atoms with Crippen LogP contribution in [0.4, 0.5) is 0 Å². The van der Waals surface area contributed by atoms with Crippen molar-refractivity contribution in [1.29, 1.82) is 0 Å². The summed E-state index contributed by atoms with van der Waals surface area (Å²) in [6.45, 7) is 12.1. The molecule has 2 rings (SSSR count). The monoisotopic (exact) mass is 482 g/mol. The summed E-state index contributed by atoms with van der Waals surface area (Å²) in [4.78, 5) is 0. The Kier molecular flexibility index (Phi) is 13.6. The van der Waals surface area contributed by atoms with E-state index in [0.717, 1.165) is 31.6 Å². The van der Waals surface area contributed by atoms with E-state index in [1.807, 2.05) is 0 Å². The fraction of sp³-hybridized carbons (Fsp3) is 0.613. The Morgan fingerprint density at radius 3 is 1.82 bits per heavy atom. The summed E-state index contributed by atoms with van der Waals surface area (Å²) in [5.41, 5.74) is 3.95. The zero-order valence-corrected chi connectivity index (χ0v) is 23.7. The van der Waals surface area contributed by atoms with E-state index in [2.05, 4.69) is 82.0 Å². The summed E-state index contributed by atoms with van der Waals surface area (Å²) in [5, 5.41) is 0. The molecule has 0 aromatic heterocycles. The Balaban J connectivity index is 1.64. The summed E-state index contributed by atoms with van der Waals surface area (Å²) in [5.74, 6) is 0.982. The van der Waals surface area contributed by atoms with Gasteiger partial charge in [0.15, 0.2) is 8.32 Å². The largest absolute Gasteiger partial charge is 0.494 e. The Hall–Kier alpha value is -1.58. The molecule has 0 N–H and O–H groups in total. The molecule has 2 aromatic rings. The number of aryl methyl sites for hydroxylation is 1. The number of unbranched alkanes of at least 4 members (excludes halogenated alkanes) is 8. The van der Waals surface area contributed by atoms with Crippen molar-refractivity contribution in [1.82, 2.24) is 0 Å². The number of ether oxygens (including phenoxy) is 1. The lowest BCUT2D eigenvalue weighted by Gasteiger charge is -2.23. The summed E-state index contributed by atoms with van der Waals surface area (Å²) in [7, 11) is -1.41. The number of hydrogen-bond acceptors (Lipinski definition) is 2. The lowest BCUT2D eigenvalue weighted by atomic mass is 10.0. The zero-order chi connectivity index (χ0) is 24.7. The molecule has 2 nitrogen and oxygen atoms in total. The third-order valence-electron chi connectivity index (χ3n) is 6.29. The Bertz CT molecular complexity index is 762. The molecule has 0 spiro atoms. The van der Waals surface area contributed by atoms with Crippen LogP contribution in [0.5, 0.6) is 5.75 Å². The van der Waals surface area contributed by atoms with Crippen molar-refractivity contribution in [3.8, 4) is 16.9 Å². The summed E-state index contributed by atoms with van der Waals surface area (Å²) < 4.78 is 12.1. The third kappa shape index (κ3) is 12.8. The molecule has 0 saturated heterocycles. The van der Waals surface area contributed by atoms with E-state index in [0.29, 0.717) is 6.10 Å². The van der Waals surface area contributed by atoms with Gasteiger partial charge in [0.25, 0.3) is 0 Å². The molecule has 0 aliphatic rings. The first kappa shape index (κ1) is 28.7. The van der Waals surface area contributed by atoms with Crippen LogP contribution >= 0.6 is 0 Å². The van der Waals surface area contributed by atoms with Crippen LogP contribution in [0.15, 0.2) is 48.5 Å². The maximum Gasteiger partial charge on any atom is 0.184 e. The van der Waals surface area contributed by atoms with Crippen molar-refractivity contribution < 1.29 is 9.16 Å². The van der Waals surface area contributed by atoms with E-state index < -0.39 is 8.32 Å². The standard InChI is InChI=1S/C31H50O2Si/c1-6-7-8-9-10-11-12-15-26-32-31-24-22-30(23-25-31)29-20-18-28(19-21-29)17-14-13-16-27(2)33-34(3,4)5/h18-25,27H,6-17,26H2,1-5H3. The van der Waals surface area contributed by atoms with Crippen LogP contribution in [-0.4, -0.2) is 21.0 Å². The lowest BCUT2D eigenvalue weighted by Crippen LogP contribution is -2.30. The van der Waals surface area contributed by atoms with Crippen LogP contribution in [0.3, 0.4) is 0 Å². The molecular weight excluding hydrogens is 432 g/mol. The first-order valence-corrected chi connectivity index (χ1v) is 17.3. The van der Waals surface area contributed by atoms with Gasteiger partial charge in [-0.3, -0.25) is 0 Å². The fourth-order valence-corrected chi connectivity index (χ4v) is 5.78. The van der Waals surface area contributed by atoms with Crippen molar-refractivity contribution in [2.45, 2.75) is 117 Å². The summed E-state index contributed by atoms with van der Waals surface area (Å²) in [6, 6.07) is 17.6. The smallest absolute Gasteiger partial charge is 0.184 e. The highest BCUT2D eigenvalue weighted by Crippen LogP contribution is 2.24. The Morgan fingerprint density at radius 1 is 0.676 bits per heavy atom. The Labute approximate surface area is 211 Å². The van der Waals surface area contributed by atoms with E-state index in [9.17, 15) is 0 Å². The SMILES string of the molecule is CCCCCCCCCCOc1ccc(-c2ccc(CCCCC(C)O[Si](C)(C)C)cc2)cc1. The zero-order valence-electron chi connectivity index (χ0n) is 22.7. The van der Waals surface area contributed by atoms with Crippen molar-refractivity contribution in [3.63, 3.8) is 0 Å². The van der Waals surface area contributed by atoms with Gasteiger partial charge < -0.3 is 9.16 Å². The lowest BCUT2D eigenvalue weighted by molar-refractivity contribution is 0.199. The molecule has 0 radical (unpaired) electrons. The first-order valence-electron chi connectivity index (χ1n) is 13.9. The van der Waals surface area contributed by atoms with Crippen LogP contribution in [0.25, 0.3) is 11.1 Å². The van der Waals surface area contributed by atoms with Gasteiger partial charge in [-0.1, -0.05) is 94.7 Å². The van der Waals surface area contributed by atoms with Gasteiger partial charge in [-0.25, -0.2) is 0 Å². The average molecular weight is 483 g/mol. The maximum atomic E-state index is 6.15. The molecule has 0 aliphatic carbocycles. The maximum absolute atomic E-state index is 6.15. The molecule has 3 heteroatoms. The molecule has 34 heavy (non-hydrogen) atoms. The quantitative estimate of drug-likeness (QED) is 0.155. The summed E-state index contributed by atoms with van der Waals surface area (Å²) >= 11 is 0. The second kappa shape index (κ2) is 16.2. The van der Waals surface area contributed by atoms with E-state index in [4.69, 9.17) is 9.16 Å². The minimum absolute atomic E-state index is 0.390. The normalized spacial score (nSPS) is 12.6. The van der Waals surface area contributed by atoms with Gasteiger partial charge in [-0.05, 0) is 81.1 Å². The highest BCUT2D eigenvalue weighted by Gasteiger charge is 2.17. The second-order valence-corrected chi connectivity index (χ2v) is 15.3. The van der Waals surface area contributed by atoms with Gasteiger partial charge in [0.05, 0.1) is 6.61 Å². The van der Waals surface area contributed by atoms with Crippen LogP contribution in [0, 0.1) is 0 Å². The molecule has 0 amide bonds. The Morgan fingerprint density at radius 2 is 1.24 bits per heavy atom. The highest BCUT2D eigenvalue weighted by atomic mass is 28.4. The van der Waals surface area contributed by atoms with Gasteiger partial charge in [-0.2, -0.15) is 0 Å². The van der Waals surface area contributed by atoms with Crippen LogP contribution in [0.2, 0.25) is 19.6 Å². The minimum atomic E-state index is -1.41. The van der Waals surface area contributed by atoms with E-state index in [1.54, 1.807) is 0 Å². The van der Waals surface area contributed by atoms with Crippen molar-refractivity contribution in [3.05, 3.63) is 54.1 Å². The summed E-state index contributed by atoms with van der Waals surface area (Å²) in [6.07, 6.45) is 15.8. The number of rotatable bonds is 18. The van der Waals surface area contributed by atoms with Crippen LogP contribution in [0.1, 0.15) is 90.0 Å². The van der Waals surface area contributed by atoms with Gasteiger partial charge in [0.2, 0.25) is 0 Å². The molecule has 0 fully saturated rings. The van der Waals surface area contributed by atoms with Crippen LogP contribution in [-0.2, 0) is 10.8 Å². The van der Waals surface area contributed by atoms with Crippen molar-refractivity contribution in [2.75, 3.05) is 6.61 Å². The van der Waals surface area contributed by atoms with Gasteiger partial charge in [-0.15, -0.1) is 0 Å². The first-order chi connectivity index (χ1) is 16.4. The van der Waals surface area contributed by atoms with E-state index >= 15 is 0 Å². The molecule has 190 valence electrons. The fourth-order valence-electron chi connectivity index (χ4n) is 4.46. The topological polar surface area (TPSA) is 18.5 Å². The van der Waals surface area contributed by atoms with Gasteiger partial charge >= 0.3 is 0 Å². The third-order valence-corrected chi connectivity index (χ3v) is 7.40. The molecule has 0 heterocycles. The van der Waals surface area contributed by atoms with Crippen LogP contribution < -0.4 is 4.74 Å². The highest BCUT2D eigenvalue weighted by molar-refractivity contribution is 6.69. The minimum Gasteiger partial charge on any atom is -0.494 e. The molecule has 0 bridgehead atoms. The van der Waals surface area contributed by atoms with Gasteiger partial charge in [0, 0.05) is 6.10 Å². The van der Waals surface area contributed by atoms with Gasteiger partial charge in [0.1, 0.15) is 5.75 Å².